The summed E-state index contributed by atoms with van der Waals surface area (Å²) < 4.78 is 0. The summed E-state index contributed by atoms with van der Waals surface area (Å²) in [6, 6.07) is -0.205. The van der Waals surface area contributed by atoms with Gasteiger partial charge in [-0.1, -0.05) is 26.7 Å². The van der Waals surface area contributed by atoms with E-state index < -0.39 is 0 Å². The summed E-state index contributed by atoms with van der Waals surface area (Å²) in [7, 11) is 0. The number of rotatable bonds is 6. The summed E-state index contributed by atoms with van der Waals surface area (Å²) in [5, 5.41) is 14.1. The number of imide groups is 1. The maximum atomic E-state index is 11.7. The number of urea groups is 1. The highest BCUT2D eigenvalue weighted by atomic mass is 32.2. The molecule has 3 atom stereocenters. The molecule has 6 heteroatoms. The molecule has 0 unspecified atom stereocenters. The molecule has 0 radical (unpaired) electrons. The fourth-order valence-electron chi connectivity index (χ4n) is 2.30. The number of aliphatic hydroxyl groups excluding tert-OH is 1. The first-order valence-corrected chi connectivity index (χ1v) is 8.47. The van der Waals surface area contributed by atoms with Crippen molar-refractivity contribution in [1.29, 1.82) is 0 Å². The van der Waals surface area contributed by atoms with Crippen LogP contribution in [0.5, 0.6) is 0 Å². The van der Waals surface area contributed by atoms with E-state index >= 15 is 0 Å². The Morgan fingerprint density at radius 2 is 2.05 bits per heavy atom. The summed E-state index contributed by atoms with van der Waals surface area (Å²) >= 11 is 1.43. The van der Waals surface area contributed by atoms with Crippen LogP contribution in [0, 0.1) is 11.8 Å². The molecule has 5 nitrogen and oxygen atoms in total. The van der Waals surface area contributed by atoms with Gasteiger partial charge in [0.1, 0.15) is 0 Å². The van der Waals surface area contributed by atoms with Gasteiger partial charge in [0, 0.05) is 12.6 Å². The molecule has 0 aromatic heterocycles. The first-order valence-electron chi connectivity index (χ1n) is 7.32. The Bertz CT molecular complexity index is 326. The van der Waals surface area contributed by atoms with Crippen LogP contribution in [0.2, 0.25) is 0 Å². The number of hydrogen-bond acceptors (Lipinski definition) is 4. The standard InChI is InChI=1S/C14H26N2O3S/c1-10(7-17)8-20-9-13(18)16-14(19)15-12-6-4-3-5-11(12)2/h10-12,17H,3-9H2,1-2H3,(H2,15,16,18,19)/t10-,11-,12-/m1/s1. The first kappa shape index (κ1) is 17.3. The molecule has 0 spiro atoms. The summed E-state index contributed by atoms with van der Waals surface area (Å²) in [6.07, 6.45) is 4.48. The molecule has 1 aliphatic carbocycles. The van der Waals surface area contributed by atoms with Gasteiger partial charge in [-0.3, -0.25) is 10.1 Å². The molecule has 0 heterocycles. The topological polar surface area (TPSA) is 78.4 Å². The fraction of sp³-hybridized carbons (Fsp3) is 0.857. The minimum atomic E-state index is -0.385. The molecular weight excluding hydrogens is 276 g/mol. The molecule has 1 aliphatic rings. The van der Waals surface area contributed by atoms with Gasteiger partial charge in [0.25, 0.3) is 0 Å². The van der Waals surface area contributed by atoms with Gasteiger partial charge in [0.05, 0.1) is 5.75 Å². The van der Waals surface area contributed by atoms with E-state index in [-0.39, 0.29) is 36.3 Å². The SMILES string of the molecule is C[C@H](CO)CSCC(=O)NC(=O)N[C@@H]1CCCC[C@H]1C. The molecule has 0 saturated heterocycles. The van der Waals surface area contributed by atoms with E-state index in [4.69, 9.17) is 5.11 Å². The highest BCUT2D eigenvalue weighted by Gasteiger charge is 2.23. The minimum absolute atomic E-state index is 0.120. The Labute approximate surface area is 125 Å². The number of amides is 3. The molecule has 1 saturated carbocycles. The number of thioether (sulfide) groups is 1. The molecule has 0 aromatic rings. The van der Waals surface area contributed by atoms with Crippen LogP contribution in [0.4, 0.5) is 4.79 Å². The lowest BCUT2D eigenvalue weighted by Crippen LogP contribution is -2.48. The van der Waals surface area contributed by atoms with Crippen molar-refractivity contribution < 1.29 is 14.7 Å². The highest BCUT2D eigenvalue weighted by Crippen LogP contribution is 2.23. The van der Waals surface area contributed by atoms with Crippen LogP contribution in [0.1, 0.15) is 39.5 Å². The van der Waals surface area contributed by atoms with Crippen LogP contribution in [-0.2, 0) is 4.79 Å². The lowest BCUT2D eigenvalue weighted by molar-refractivity contribution is -0.117. The van der Waals surface area contributed by atoms with Gasteiger partial charge in [0.15, 0.2) is 0 Å². The van der Waals surface area contributed by atoms with E-state index in [9.17, 15) is 9.59 Å². The number of nitrogens with one attached hydrogen (secondary N) is 2. The second-order valence-electron chi connectivity index (χ2n) is 5.69. The zero-order valence-electron chi connectivity index (χ0n) is 12.4. The number of carbonyl (C=O) groups excluding carboxylic acids is 2. The maximum Gasteiger partial charge on any atom is 0.321 e. The molecule has 20 heavy (non-hydrogen) atoms. The Morgan fingerprint density at radius 1 is 1.35 bits per heavy atom. The van der Waals surface area contributed by atoms with Crippen molar-refractivity contribution in [2.75, 3.05) is 18.1 Å². The number of carbonyl (C=O) groups is 2. The summed E-state index contributed by atoms with van der Waals surface area (Å²) in [6.45, 7) is 4.18. The minimum Gasteiger partial charge on any atom is -0.396 e. The van der Waals surface area contributed by atoms with Gasteiger partial charge >= 0.3 is 6.03 Å². The van der Waals surface area contributed by atoms with E-state index in [2.05, 4.69) is 17.6 Å². The summed E-state index contributed by atoms with van der Waals surface area (Å²) in [5.74, 6) is 1.33. The van der Waals surface area contributed by atoms with Crippen LogP contribution in [-0.4, -0.2) is 41.2 Å². The maximum absolute atomic E-state index is 11.7. The zero-order valence-corrected chi connectivity index (χ0v) is 13.2. The normalized spacial score (nSPS) is 23.9. The Morgan fingerprint density at radius 3 is 2.70 bits per heavy atom. The first-order chi connectivity index (χ1) is 9.52. The molecule has 1 rings (SSSR count). The monoisotopic (exact) mass is 302 g/mol. The second kappa shape index (κ2) is 9.23. The van der Waals surface area contributed by atoms with Crippen molar-refractivity contribution in [2.24, 2.45) is 11.8 Å². The van der Waals surface area contributed by atoms with E-state index in [1.807, 2.05) is 6.92 Å². The molecule has 3 N–H and O–H groups in total. The van der Waals surface area contributed by atoms with Crippen molar-refractivity contribution in [3.8, 4) is 0 Å². The molecular formula is C14H26N2O3S. The Kier molecular flexibility index (Phi) is 7.99. The predicted octanol–water partition coefficient (Wildman–Crippen LogP) is 1.75. The number of hydrogen-bond donors (Lipinski definition) is 3. The molecule has 0 bridgehead atoms. The third-order valence-electron chi connectivity index (χ3n) is 3.63. The quantitative estimate of drug-likeness (QED) is 0.698. The van der Waals surface area contributed by atoms with Crippen molar-refractivity contribution in [3.63, 3.8) is 0 Å². The smallest absolute Gasteiger partial charge is 0.321 e. The van der Waals surface area contributed by atoms with Crippen LogP contribution < -0.4 is 10.6 Å². The third-order valence-corrected chi connectivity index (χ3v) is 4.90. The van der Waals surface area contributed by atoms with E-state index in [0.717, 1.165) is 19.3 Å². The van der Waals surface area contributed by atoms with E-state index in [1.54, 1.807) is 0 Å². The summed E-state index contributed by atoms with van der Waals surface area (Å²) in [4.78, 5) is 23.3. The molecule has 3 amide bonds. The second-order valence-corrected chi connectivity index (χ2v) is 6.72. The van der Waals surface area contributed by atoms with Crippen LogP contribution in [0.3, 0.4) is 0 Å². The average Bonchev–Trinajstić information content (AvgIpc) is 2.41. The van der Waals surface area contributed by atoms with E-state index in [0.29, 0.717) is 11.7 Å². The van der Waals surface area contributed by atoms with Gasteiger partial charge in [0.2, 0.25) is 5.91 Å². The van der Waals surface area contributed by atoms with E-state index in [1.165, 1.54) is 18.2 Å². The van der Waals surface area contributed by atoms with Crippen molar-refractivity contribution >= 4 is 23.7 Å². The van der Waals surface area contributed by atoms with Crippen molar-refractivity contribution in [2.45, 2.75) is 45.6 Å². The van der Waals surface area contributed by atoms with Gasteiger partial charge in [-0.25, -0.2) is 4.79 Å². The fourth-order valence-corrected chi connectivity index (χ4v) is 3.19. The van der Waals surface area contributed by atoms with Crippen LogP contribution in [0.25, 0.3) is 0 Å². The Hall–Kier alpha value is -0.750. The van der Waals surface area contributed by atoms with Gasteiger partial charge in [-0.05, 0) is 30.4 Å². The molecule has 116 valence electrons. The summed E-state index contributed by atoms with van der Waals surface area (Å²) in [5.41, 5.74) is 0. The van der Waals surface area contributed by atoms with Crippen LogP contribution in [0.15, 0.2) is 0 Å². The van der Waals surface area contributed by atoms with Crippen LogP contribution >= 0.6 is 11.8 Å². The van der Waals surface area contributed by atoms with Crippen molar-refractivity contribution in [1.82, 2.24) is 10.6 Å². The van der Waals surface area contributed by atoms with Gasteiger partial charge in [-0.15, -0.1) is 0 Å². The lowest BCUT2D eigenvalue weighted by atomic mass is 9.86. The third kappa shape index (κ3) is 6.61. The Balaban J connectivity index is 2.19. The van der Waals surface area contributed by atoms with Crippen molar-refractivity contribution in [3.05, 3.63) is 0 Å². The number of aliphatic hydroxyl groups is 1. The molecule has 0 aliphatic heterocycles. The molecule has 0 aromatic carbocycles. The highest BCUT2D eigenvalue weighted by molar-refractivity contribution is 7.99. The zero-order chi connectivity index (χ0) is 15.0. The molecule has 1 fully saturated rings. The average molecular weight is 302 g/mol. The predicted molar refractivity (Wildman–Crippen MR) is 81.7 cm³/mol. The lowest BCUT2D eigenvalue weighted by Gasteiger charge is -2.29. The van der Waals surface area contributed by atoms with Gasteiger partial charge < -0.3 is 10.4 Å². The van der Waals surface area contributed by atoms with Gasteiger partial charge in [-0.2, -0.15) is 11.8 Å². The largest absolute Gasteiger partial charge is 0.396 e.